The highest BCUT2D eigenvalue weighted by atomic mass is 127. The van der Waals surface area contributed by atoms with Gasteiger partial charge in [0, 0.05) is 32.5 Å². The van der Waals surface area contributed by atoms with Crippen LogP contribution in [0.15, 0.2) is 0 Å². The highest BCUT2D eigenvalue weighted by molar-refractivity contribution is 14.1. The molecule has 2 saturated heterocycles. The number of imide groups is 1. The van der Waals surface area contributed by atoms with Crippen LogP contribution in [-0.2, 0) is 14.4 Å². The molecule has 21 heavy (non-hydrogen) atoms. The number of hydrogen-bond acceptors (Lipinski definition) is 3. The number of hydrogen-bond donors (Lipinski definition) is 0. The minimum atomic E-state index is -0.186. The second kappa shape index (κ2) is 7.56. The van der Waals surface area contributed by atoms with Gasteiger partial charge in [0.1, 0.15) is 0 Å². The Bertz CT molecular complexity index is 427. The van der Waals surface area contributed by atoms with E-state index in [0.29, 0.717) is 25.3 Å². The number of carbonyl (C=O) groups is 3. The SMILES string of the molecule is C[C@H]1CCN(C(=O)CCCCCN2C(=O)CC(I)C2=O)C1. The zero-order valence-electron chi connectivity index (χ0n) is 12.5. The summed E-state index contributed by atoms with van der Waals surface area (Å²) in [5.41, 5.74) is 0. The number of carbonyl (C=O) groups excluding carboxylic acids is 3. The third-order valence-electron chi connectivity index (χ3n) is 4.24. The number of rotatable bonds is 6. The smallest absolute Gasteiger partial charge is 0.242 e. The maximum absolute atomic E-state index is 12.0. The van der Waals surface area contributed by atoms with Crippen molar-refractivity contribution in [3.63, 3.8) is 0 Å². The maximum Gasteiger partial charge on any atom is 0.242 e. The Kier molecular flexibility index (Phi) is 6.01. The van der Waals surface area contributed by atoms with Gasteiger partial charge in [-0.15, -0.1) is 0 Å². The molecule has 0 aromatic heterocycles. The Morgan fingerprint density at radius 3 is 2.62 bits per heavy atom. The number of nitrogens with zero attached hydrogens (tertiary/aromatic N) is 2. The Morgan fingerprint density at radius 1 is 1.29 bits per heavy atom. The van der Waals surface area contributed by atoms with Crippen molar-refractivity contribution in [3.8, 4) is 0 Å². The monoisotopic (exact) mass is 406 g/mol. The molecule has 0 aromatic rings. The Labute approximate surface area is 139 Å². The van der Waals surface area contributed by atoms with Gasteiger partial charge >= 0.3 is 0 Å². The van der Waals surface area contributed by atoms with E-state index < -0.39 is 0 Å². The molecule has 2 heterocycles. The van der Waals surface area contributed by atoms with Crippen LogP contribution >= 0.6 is 22.6 Å². The van der Waals surface area contributed by atoms with Crippen molar-refractivity contribution in [2.45, 2.75) is 49.4 Å². The van der Waals surface area contributed by atoms with Crippen molar-refractivity contribution in [1.82, 2.24) is 9.80 Å². The summed E-state index contributed by atoms with van der Waals surface area (Å²) < 4.78 is -0.186. The predicted molar refractivity (Wildman–Crippen MR) is 88.0 cm³/mol. The second-order valence-corrected chi connectivity index (χ2v) is 7.60. The van der Waals surface area contributed by atoms with Gasteiger partial charge in [0.2, 0.25) is 17.7 Å². The molecule has 2 aliphatic rings. The molecule has 6 heteroatoms. The Morgan fingerprint density at radius 2 is 2.05 bits per heavy atom. The minimum Gasteiger partial charge on any atom is -0.342 e. The van der Waals surface area contributed by atoms with Crippen LogP contribution in [0.4, 0.5) is 0 Å². The molecule has 0 spiro atoms. The molecule has 0 aromatic carbocycles. The topological polar surface area (TPSA) is 57.7 Å². The Hall–Kier alpha value is -0.660. The van der Waals surface area contributed by atoms with Crippen LogP contribution in [0.3, 0.4) is 0 Å². The number of unbranched alkanes of at least 4 members (excludes halogenated alkanes) is 2. The minimum absolute atomic E-state index is 0.0530. The van der Waals surface area contributed by atoms with Crippen molar-refractivity contribution >= 4 is 40.3 Å². The lowest BCUT2D eigenvalue weighted by atomic mass is 10.1. The first-order valence-electron chi connectivity index (χ1n) is 7.75. The first-order chi connectivity index (χ1) is 9.99. The fraction of sp³-hybridized carbons (Fsp3) is 0.800. The van der Waals surface area contributed by atoms with Crippen molar-refractivity contribution in [2.24, 2.45) is 5.92 Å². The van der Waals surface area contributed by atoms with Crippen LogP contribution in [0.1, 0.15) is 45.4 Å². The van der Waals surface area contributed by atoms with E-state index in [4.69, 9.17) is 0 Å². The van der Waals surface area contributed by atoms with Crippen LogP contribution in [0.5, 0.6) is 0 Å². The molecule has 118 valence electrons. The lowest BCUT2D eigenvalue weighted by molar-refractivity contribution is -0.138. The Balaban J connectivity index is 1.59. The molecular weight excluding hydrogens is 383 g/mol. The summed E-state index contributed by atoms with van der Waals surface area (Å²) in [6.07, 6.45) is 4.56. The number of amides is 3. The van der Waals surface area contributed by atoms with E-state index in [0.717, 1.165) is 38.8 Å². The molecule has 3 amide bonds. The summed E-state index contributed by atoms with van der Waals surface area (Å²) in [6.45, 7) is 4.48. The first-order valence-corrected chi connectivity index (χ1v) is 8.99. The molecular formula is C15H23IN2O3. The number of alkyl halides is 1. The molecule has 5 nitrogen and oxygen atoms in total. The molecule has 1 unspecified atom stereocenters. The van der Waals surface area contributed by atoms with Crippen LogP contribution in [0.25, 0.3) is 0 Å². The zero-order valence-corrected chi connectivity index (χ0v) is 14.7. The molecule has 0 bridgehead atoms. The van der Waals surface area contributed by atoms with E-state index in [1.54, 1.807) is 0 Å². The molecule has 2 rings (SSSR count). The fourth-order valence-electron chi connectivity index (χ4n) is 2.92. The average molecular weight is 406 g/mol. The van der Waals surface area contributed by atoms with Crippen molar-refractivity contribution < 1.29 is 14.4 Å². The van der Waals surface area contributed by atoms with Crippen molar-refractivity contribution in [1.29, 1.82) is 0 Å². The van der Waals surface area contributed by atoms with Gasteiger partial charge in [0.15, 0.2) is 0 Å². The first kappa shape index (κ1) is 16.7. The van der Waals surface area contributed by atoms with Gasteiger partial charge in [-0.2, -0.15) is 0 Å². The molecule has 0 radical (unpaired) electrons. The van der Waals surface area contributed by atoms with Gasteiger partial charge in [-0.1, -0.05) is 35.9 Å². The third-order valence-corrected chi connectivity index (χ3v) is 5.21. The summed E-state index contributed by atoms with van der Waals surface area (Å²) in [7, 11) is 0. The van der Waals surface area contributed by atoms with E-state index in [1.807, 2.05) is 27.5 Å². The molecule has 2 atom stereocenters. The van der Waals surface area contributed by atoms with Crippen LogP contribution in [0, 0.1) is 5.92 Å². The predicted octanol–water partition coefficient (Wildman–Crippen LogP) is 1.98. The molecule has 2 fully saturated rings. The van der Waals surface area contributed by atoms with E-state index in [1.165, 1.54) is 4.90 Å². The van der Waals surface area contributed by atoms with E-state index in [-0.39, 0.29) is 21.6 Å². The van der Waals surface area contributed by atoms with E-state index in [2.05, 4.69) is 6.92 Å². The maximum atomic E-state index is 12.0. The van der Waals surface area contributed by atoms with Crippen molar-refractivity contribution in [2.75, 3.05) is 19.6 Å². The lowest BCUT2D eigenvalue weighted by Crippen LogP contribution is -2.31. The van der Waals surface area contributed by atoms with Gasteiger partial charge in [-0.25, -0.2) is 0 Å². The largest absolute Gasteiger partial charge is 0.342 e. The second-order valence-electron chi connectivity index (χ2n) is 6.10. The quantitative estimate of drug-likeness (QED) is 0.293. The van der Waals surface area contributed by atoms with Gasteiger partial charge < -0.3 is 4.90 Å². The normalized spacial score (nSPS) is 26.0. The van der Waals surface area contributed by atoms with Gasteiger partial charge in [-0.05, 0) is 25.2 Å². The summed E-state index contributed by atoms with van der Waals surface area (Å²) in [5, 5.41) is 0. The van der Waals surface area contributed by atoms with Gasteiger partial charge in [0.25, 0.3) is 0 Å². The van der Waals surface area contributed by atoms with Crippen molar-refractivity contribution in [3.05, 3.63) is 0 Å². The number of likely N-dealkylation sites (tertiary alicyclic amines) is 2. The molecule has 0 aliphatic carbocycles. The van der Waals surface area contributed by atoms with E-state index >= 15 is 0 Å². The summed E-state index contributed by atoms with van der Waals surface area (Å²) >= 11 is 2.03. The van der Waals surface area contributed by atoms with Crippen LogP contribution in [-0.4, -0.2) is 51.1 Å². The highest BCUT2D eigenvalue weighted by Gasteiger charge is 2.36. The zero-order chi connectivity index (χ0) is 15.4. The van der Waals surface area contributed by atoms with Crippen LogP contribution in [0.2, 0.25) is 0 Å². The average Bonchev–Trinajstić information content (AvgIpc) is 2.96. The number of halogens is 1. The van der Waals surface area contributed by atoms with Gasteiger partial charge in [-0.3, -0.25) is 19.3 Å². The highest BCUT2D eigenvalue weighted by Crippen LogP contribution is 2.21. The molecule has 0 N–H and O–H groups in total. The van der Waals surface area contributed by atoms with E-state index in [9.17, 15) is 14.4 Å². The summed E-state index contributed by atoms with van der Waals surface area (Å²) in [6, 6.07) is 0. The molecule has 0 saturated carbocycles. The summed E-state index contributed by atoms with van der Waals surface area (Å²) in [5.74, 6) is 0.770. The van der Waals surface area contributed by atoms with Gasteiger partial charge in [0.05, 0.1) is 3.92 Å². The lowest BCUT2D eigenvalue weighted by Gasteiger charge is -2.16. The standard InChI is InChI=1S/C15H23IN2O3/c1-11-6-8-17(10-11)13(19)5-3-2-4-7-18-14(20)9-12(16)15(18)21/h11-12H,2-10H2,1H3/t11-,12?/m0/s1. The third kappa shape index (κ3) is 4.40. The fourth-order valence-corrected chi connectivity index (χ4v) is 3.63. The summed E-state index contributed by atoms with van der Waals surface area (Å²) in [4.78, 5) is 38.6. The van der Waals surface area contributed by atoms with Crippen LogP contribution < -0.4 is 0 Å². The molecule has 2 aliphatic heterocycles.